The summed E-state index contributed by atoms with van der Waals surface area (Å²) in [5, 5.41) is 3.19. The lowest BCUT2D eigenvalue weighted by Crippen LogP contribution is -2.32. The Hall–Kier alpha value is -2.78. The van der Waals surface area contributed by atoms with Crippen molar-refractivity contribution < 1.29 is 17.2 Å². The van der Waals surface area contributed by atoms with Gasteiger partial charge >= 0.3 is 0 Å². The number of nitrogens with zero attached hydrogens (tertiary/aromatic N) is 3. The Kier molecular flexibility index (Phi) is 5.10. The number of sulfonamides is 1. The van der Waals surface area contributed by atoms with E-state index in [0.717, 1.165) is 0 Å². The first kappa shape index (κ1) is 19.5. The summed E-state index contributed by atoms with van der Waals surface area (Å²) in [5.74, 6) is -1.17. The molecule has 0 amide bonds. The van der Waals surface area contributed by atoms with Gasteiger partial charge in [0.15, 0.2) is 5.03 Å². The van der Waals surface area contributed by atoms with E-state index < -0.39 is 22.0 Å². The highest BCUT2D eigenvalue weighted by molar-refractivity contribution is 7.89. The lowest BCUT2D eigenvalue weighted by atomic mass is 9.93. The van der Waals surface area contributed by atoms with E-state index in [1.807, 2.05) is 0 Å². The van der Waals surface area contributed by atoms with Gasteiger partial charge in [-0.15, -0.1) is 0 Å². The Bertz CT molecular complexity index is 1120. The number of hydrogen-bond acceptors (Lipinski definition) is 4. The Morgan fingerprint density at radius 1 is 1.07 bits per heavy atom. The van der Waals surface area contributed by atoms with Gasteiger partial charge in [-0.2, -0.15) is 4.31 Å². The molecule has 0 aliphatic carbocycles. The van der Waals surface area contributed by atoms with Crippen molar-refractivity contribution in [3.63, 3.8) is 0 Å². The van der Waals surface area contributed by atoms with E-state index in [1.165, 1.54) is 35.0 Å². The zero-order valence-corrected chi connectivity index (χ0v) is 16.5. The molecule has 1 fully saturated rings. The molecule has 1 aliphatic rings. The Balaban J connectivity index is 1.67. The van der Waals surface area contributed by atoms with Crippen molar-refractivity contribution in [3.8, 4) is 0 Å². The molecule has 1 aliphatic heterocycles. The zero-order chi connectivity index (χ0) is 20.6. The molecule has 9 heteroatoms. The lowest BCUT2D eigenvalue weighted by Gasteiger charge is -2.21. The highest BCUT2D eigenvalue weighted by atomic mass is 32.2. The quantitative estimate of drug-likeness (QED) is 0.692. The molecule has 0 unspecified atom stereocenters. The van der Waals surface area contributed by atoms with Crippen molar-refractivity contribution in [2.75, 3.05) is 18.4 Å². The minimum atomic E-state index is -3.82. The van der Waals surface area contributed by atoms with Crippen LogP contribution in [0, 0.1) is 11.6 Å². The van der Waals surface area contributed by atoms with Crippen LogP contribution in [0.15, 0.2) is 66.1 Å². The van der Waals surface area contributed by atoms with E-state index in [1.54, 1.807) is 41.9 Å². The molecule has 0 saturated carbocycles. The first-order valence-electron chi connectivity index (χ1n) is 9.09. The molecule has 0 radical (unpaired) electrons. The summed E-state index contributed by atoms with van der Waals surface area (Å²) in [6.45, 7) is 0.244. The number of anilines is 1. The van der Waals surface area contributed by atoms with Gasteiger partial charge in [-0.25, -0.2) is 22.2 Å². The van der Waals surface area contributed by atoms with Gasteiger partial charge in [0.05, 0.1) is 6.33 Å². The normalized spacial score (nSPS) is 20.1. The fourth-order valence-corrected chi connectivity index (χ4v) is 5.07. The van der Waals surface area contributed by atoms with Gasteiger partial charge in [-0.3, -0.25) is 0 Å². The summed E-state index contributed by atoms with van der Waals surface area (Å²) in [5.41, 5.74) is 1.07. The van der Waals surface area contributed by atoms with Crippen LogP contribution in [-0.2, 0) is 17.1 Å². The fourth-order valence-electron chi connectivity index (χ4n) is 3.62. The third-order valence-electron chi connectivity index (χ3n) is 5.07. The molecule has 1 saturated heterocycles. The number of imidazole rings is 1. The molecule has 6 nitrogen and oxygen atoms in total. The summed E-state index contributed by atoms with van der Waals surface area (Å²) >= 11 is 0. The van der Waals surface area contributed by atoms with Crippen LogP contribution in [0.25, 0.3) is 0 Å². The van der Waals surface area contributed by atoms with Crippen molar-refractivity contribution in [1.29, 1.82) is 0 Å². The predicted molar refractivity (Wildman–Crippen MR) is 105 cm³/mol. The van der Waals surface area contributed by atoms with Gasteiger partial charge in [0.2, 0.25) is 0 Å². The topological polar surface area (TPSA) is 67.2 Å². The van der Waals surface area contributed by atoms with Crippen LogP contribution in [0.2, 0.25) is 0 Å². The maximum Gasteiger partial charge on any atom is 0.262 e. The van der Waals surface area contributed by atoms with Gasteiger partial charge in [0.1, 0.15) is 11.6 Å². The number of halogens is 2. The van der Waals surface area contributed by atoms with Crippen molar-refractivity contribution in [1.82, 2.24) is 13.9 Å². The maximum absolute atomic E-state index is 14.5. The third-order valence-corrected chi connectivity index (χ3v) is 6.79. The molecule has 1 aromatic heterocycles. The summed E-state index contributed by atoms with van der Waals surface area (Å²) in [6.07, 6.45) is 2.86. The molecule has 3 aromatic rings. The van der Waals surface area contributed by atoms with Crippen LogP contribution >= 0.6 is 0 Å². The minimum absolute atomic E-state index is 0.0466. The first-order valence-corrected chi connectivity index (χ1v) is 10.5. The second kappa shape index (κ2) is 7.57. The van der Waals surface area contributed by atoms with E-state index in [4.69, 9.17) is 0 Å². The summed E-state index contributed by atoms with van der Waals surface area (Å²) in [6, 6.07) is 11.7. The molecular weight excluding hydrogens is 398 g/mol. The summed E-state index contributed by atoms with van der Waals surface area (Å²) < 4.78 is 56.7. The largest absolute Gasteiger partial charge is 0.380 e. The standard InChI is InChI=1S/C20H20F2N4O2S/c1-25-12-20(23-13-25)29(27,28)26-10-17(16-4-2-3-5-18(16)22)19(11-26)24-15-8-6-14(21)7-9-15/h2-9,12-13,17,19,24H,10-11H2,1H3/t17-,19+/m1/s1. The fraction of sp³-hybridized carbons (Fsp3) is 0.250. The predicted octanol–water partition coefficient (Wildman–Crippen LogP) is 2.97. The molecular formula is C20H20F2N4O2S. The van der Waals surface area contributed by atoms with Crippen LogP contribution in [0.3, 0.4) is 0 Å². The number of benzene rings is 2. The van der Waals surface area contributed by atoms with Gasteiger partial charge in [0, 0.05) is 44.0 Å². The highest BCUT2D eigenvalue weighted by Crippen LogP contribution is 2.34. The number of aryl methyl sites for hydroxylation is 1. The second-order valence-corrected chi connectivity index (χ2v) is 8.97. The van der Waals surface area contributed by atoms with Gasteiger partial charge < -0.3 is 9.88 Å². The Morgan fingerprint density at radius 3 is 2.45 bits per heavy atom. The molecule has 2 heterocycles. The average Bonchev–Trinajstić information content (AvgIpc) is 3.31. The van der Waals surface area contributed by atoms with Crippen LogP contribution < -0.4 is 5.32 Å². The average molecular weight is 418 g/mol. The van der Waals surface area contributed by atoms with Crippen LogP contribution in [0.4, 0.5) is 14.5 Å². The first-order chi connectivity index (χ1) is 13.8. The molecule has 4 rings (SSSR count). The van der Waals surface area contributed by atoms with E-state index >= 15 is 0 Å². The van der Waals surface area contributed by atoms with E-state index in [-0.39, 0.29) is 29.7 Å². The monoisotopic (exact) mass is 418 g/mol. The van der Waals surface area contributed by atoms with Crippen LogP contribution in [0.1, 0.15) is 11.5 Å². The number of nitrogens with one attached hydrogen (secondary N) is 1. The van der Waals surface area contributed by atoms with E-state index in [2.05, 4.69) is 10.3 Å². The van der Waals surface area contributed by atoms with Crippen molar-refractivity contribution in [3.05, 3.63) is 78.3 Å². The smallest absolute Gasteiger partial charge is 0.262 e. The Morgan fingerprint density at radius 2 is 1.79 bits per heavy atom. The molecule has 0 bridgehead atoms. The van der Waals surface area contributed by atoms with E-state index in [0.29, 0.717) is 11.3 Å². The minimum Gasteiger partial charge on any atom is -0.380 e. The molecule has 1 N–H and O–H groups in total. The maximum atomic E-state index is 14.5. The molecule has 29 heavy (non-hydrogen) atoms. The van der Waals surface area contributed by atoms with Crippen LogP contribution in [0.5, 0.6) is 0 Å². The van der Waals surface area contributed by atoms with Gasteiger partial charge in [-0.05, 0) is 35.9 Å². The van der Waals surface area contributed by atoms with E-state index in [9.17, 15) is 17.2 Å². The van der Waals surface area contributed by atoms with Crippen LogP contribution in [-0.4, -0.2) is 41.4 Å². The number of rotatable bonds is 5. The third kappa shape index (κ3) is 3.88. The summed E-state index contributed by atoms with van der Waals surface area (Å²) in [4.78, 5) is 3.96. The summed E-state index contributed by atoms with van der Waals surface area (Å²) in [7, 11) is -2.13. The van der Waals surface area contributed by atoms with Crippen molar-refractivity contribution in [2.45, 2.75) is 17.0 Å². The number of hydrogen-bond donors (Lipinski definition) is 1. The van der Waals surface area contributed by atoms with Crippen molar-refractivity contribution >= 4 is 15.7 Å². The number of aromatic nitrogens is 2. The lowest BCUT2D eigenvalue weighted by molar-refractivity contribution is 0.467. The SMILES string of the molecule is Cn1cnc(S(=O)(=O)N2C[C@H](Nc3ccc(F)cc3)[C@@H](c3ccccc3F)C2)c1. The molecule has 2 atom stereocenters. The second-order valence-electron chi connectivity index (χ2n) is 7.09. The Labute approximate surface area is 167 Å². The van der Waals surface area contributed by atoms with Crippen molar-refractivity contribution in [2.24, 2.45) is 7.05 Å². The molecule has 2 aromatic carbocycles. The molecule has 152 valence electrons. The zero-order valence-electron chi connectivity index (χ0n) is 15.7. The highest BCUT2D eigenvalue weighted by Gasteiger charge is 2.41. The van der Waals surface area contributed by atoms with Gasteiger partial charge in [0.25, 0.3) is 10.0 Å². The molecule has 0 spiro atoms. The van der Waals surface area contributed by atoms with Gasteiger partial charge in [-0.1, -0.05) is 18.2 Å².